The monoisotopic (exact) mass is 358 g/mol. The van der Waals surface area contributed by atoms with Gasteiger partial charge in [0.1, 0.15) is 10.7 Å². The van der Waals surface area contributed by atoms with Crippen molar-refractivity contribution in [2.45, 2.75) is 31.3 Å². The maximum absolute atomic E-state index is 12.7. The number of benzene rings is 1. The zero-order valence-corrected chi connectivity index (χ0v) is 15.7. The molecule has 0 saturated carbocycles. The molecule has 1 aliphatic heterocycles. The number of aromatic nitrogens is 1. The van der Waals surface area contributed by atoms with Crippen LogP contribution < -0.4 is 5.73 Å². The molecule has 1 atom stereocenters. The Hall–Kier alpha value is -1.76. The Morgan fingerprint density at radius 1 is 1.36 bits per heavy atom. The van der Waals surface area contributed by atoms with Gasteiger partial charge in [-0.1, -0.05) is 30.3 Å². The van der Waals surface area contributed by atoms with Gasteiger partial charge < -0.3 is 15.5 Å². The van der Waals surface area contributed by atoms with Crippen molar-refractivity contribution in [3.05, 3.63) is 52.0 Å². The Balaban J connectivity index is 1.63. The Morgan fingerprint density at radius 2 is 2.04 bits per heavy atom. The van der Waals surface area contributed by atoms with E-state index in [1.807, 2.05) is 35.5 Å². The molecule has 1 aromatic heterocycles. The highest BCUT2D eigenvalue weighted by Gasteiger charge is 2.26. The highest BCUT2D eigenvalue weighted by atomic mass is 32.1. The molecule has 25 heavy (non-hydrogen) atoms. The number of piperidine rings is 1. The topological polar surface area (TPSA) is 62.5 Å². The van der Waals surface area contributed by atoms with E-state index in [-0.39, 0.29) is 11.9 Å². The van der Waals surface area contributed by atoms with Crippen LogP contribution in [0.5, 0.6) is 0 Å². The van der Waals surface area contributed by atoms with Crippen molar-refractivity contribution in [2.75, 3.05) is 27.2 Å². The van der Waals surface area contributed by atoms with E-state index in [1.165, 1.54) is 16.9 Å². The summed E-state index contributed by atoms with van der Waals surface area (Å²) in [6.07, 6.45) is 2.76. The Bertz CT molecular complexity index is 694. The van der Waals surface area contributed by atoms with Crippen LogP contribution in [-0.2, 0) is 6.42 Å². The van der Waals surface area contributed by atoms with Crippen molar-refractivity contribution in [1.29, 1.82) is 0 Å². The lowest BCUT2D eigenvalue weighted by Crippen LogP contribution is -2.44. The summed E-state index contributed by atoms with van der Waals surface area (Å²) < 4.78 is 0. The molecule has 2 aromatic rings. The first-order valence-corrected chi connectivity index (χ1v) is 9.63. The third-order valence-corrected chi connectivity index (χ3v) is 5.89. The van der Waals surface area contributed by atoms with E-state index in [9.17, 15) is 4.79 Å². The van der Waals surface area contributed by atoms with Gasteiger partial charge >= 0.3 is 0 Å². The lowest BCUT2D eigenvalue weighted by atomic mass is 10.0. The van der Waals surface area contributed by atoms with E-state index < -0.39 is 0 Å². The fraction of sp³-hybridized carbons (Fsp3) is 0.474. The maximum Gasteiger partial charge on any atom is 0.273 e. The first-order chi connectivity index (χ1) is 12.0. The zero-order valence-electron chi connectivity index (χ0n) is 14.9. The molecule has 1 saturated heterocycles. The average Bonchev–Trinajstić information content (AvgIpc) is 3.12. The van der Waals surface area contributed by atoms with E-state index in [1.54, 1.807) is 0 Å². The molecule has 1 unspecified atom stereocenters. The molecule has 6 heteroatoms. The van der Waals surface area contributed by atoms with Gasteiger partial charge in [0.05, 0.1) is 6.04 Å². The summed E-state index contributed by atoms with van der Waals surface area (Å²) in [5.41, 5.74) is 7.99. The largest absolute Gasteiger partial charge is 0.337 e. The predicted molar refractivity (Wildman–Crippen MR) is 102 cm³/mol. The standard InChI is InChI=1S/C19H26N4OS/c1-22-10-8-15(9-11-22)23(2)19(24)17-13-25-18(21-17)16(20)12-14-6-4-3-5-7-14/h3-7,13,15-16H,8-12,20H2,1-2H3. The molecule has 5 nitrogen and oxygen atoms in total. The predicted octanol–water partition coefficient (Wildman–Crippen LogP) is 2.55. The first-order valence-electron chi connectivity index (χ1n) is 8.75. The number of likely N-dealkylation sites (tertiary alicyclic amines) is 1. The van der Waals surface area contributed by atoms with Crippen LogP contribution in [0.25, 0.3) is 0 Å². The normalized spacial score (nSPS) is 17.4. The van der Waals surface area contributed by atoms with E-state index >= 15 is 0 Å². The summed E-state index contributed by atoms with van der Waals surface area (Å²) in [5, 5.41) is 2.66. The molecule has 1 aliphatic rings. The van der Waals surface area contributed by atoms with Gasteiger partial charge in [0, 0.05) is 18.5 Å². The van der Waals surface area contributed by atoms with Crippen molar-refractivity contribution in [3.63, 3.8) is 0 Å². The van der Waals surface area contributed by atoms with Crippen molar-refractivity contribution in [3.8, 4) is 0 Å². The maximum atomic E-state index is 12.7. The number of hydrogen-bond acceptors (Lipinski definition) is 5. The van der Waals surface area contributed by atoms with Gasteiger partial charge in [-0.2, -0.15) is 0 Å². The summed E-state index contributed by atoms with van der Waals surface area (Å²) in [6, 6.07) is 10.3. The molecule has 1 fully saturated rings. The fourth-order valence-corrected chi connectivity index (χ4v) is 4.04. The molecule has 0 radical (unpaired) electrons. The molecule has 0 aliphatic carbocycles. The SMILES string of the molecule is CN1CCC(N(C)C(=O)c2csc(C(N)Cc3ccccc3)n2)CC1. The molecule has 2 N–H and O–H groups in total. The second kappa shape index (κ2) is 8.08. The summed E-state index contributed by atoms with van der Waals surface area (Å²) >= 11 is 1.48. The van der Waals surface area contributed by atoms with Crippen LogP contribution in [0.3, 0.4) is 0 Å². The van der Waals surface area contributed by atoms with Crippen molar-refractivity contribution in [1.82, 2.24) is 14.8 Å². The number of hydrogen-bond donors (Lipinski definition) is 1. The van der Waals surface area contributed by atoms with Crippen LogP contribution in [-0.4, -0.2) is 53.9 Å². The van der Waals surface area contributed by atoms with Crippen molar-refractivity contribution in [2.24, 2.45) is 5.73 Å². The van der Waals surface area contributed by atoms with Gasteiger partial charge in [-0.15, -0.1) is 11.3 Å². The second-order valence-corrected chi connectivity index (χ2v) is 7.71. The van der Waals surface area contributed by atoms with Gasteiger partial charge in [0.25, 0.3) is 5.91 Å². The number of thiazole rings is 1. The van der Waals surface area contributed by atoms with Gasteiger partial charge in [0.2, 0.25) is 0 Å². The lowest BCUT2D eigenvalue weighted by Gasteiger charge is -2.34. The molecule has 0 spiro atoms. The molecule has 3 rings (SSSR count). The van der Waals surface area contributed by atoms with Crippen LogP contribution in [0.4, 0.5) is 0 Å². The van der Waals surface area contributed by atoms with E-state index in [4.69, 9.17) is 5.73 Å². The Kier molecular flexibility index (Phi) is 5.83. The van der Waals surface area contributed by atoms with Gasteiger partial charge in [-0.25, -0.2) is 4.98 Å². The van der Waals surface area contributed by atoms with Gasteiger partial charge in [0.15, 0.2) is 0 Å². The number of amides is 1. The number of rotatable bonds is 5. The number of nitrogens with two attached hydrogens (primary N) is 1. The van der Waals surface area contributed by atoms with Crippen LogP contribution in [0.1, 0.15) is 39.9 Å². The van der Waals surface area contributed by atoms with Crippen LogP contribution >= 0.6 is 11.3 Å². The average molecular weight is 359 g/mol. The van der Waals surface area contributed by atoms with Crippen LogP contribution in [0, 0.1) is 0 Å². The minimum Gasteiger partial charge on any atom is -0.337 e. The third-order valence-electron chi connectivity index (χ3n) is 4.91. The summed E-state index contributed by atoms with van der Waals surface area (Å²) in [7, 11) is 4.01. The smallest absolute Gasteiger partial charge is 0.273 e. The first kappa shape index (κ1) is 18.0. The third kappa shape index (κ3) is 4.45. The van der Waals surface area contributed by atoms with Gasteiger partial charge in [-0.05, 0) is 45.0 Å². The minimum atomic E-state index is -0.178. The second-order valence-electron chi connectivity index (χ2n) is 6.82. The highest BCUT2D eigenvalue weighted by molar-refractivity contribution is 7.09. The van der Waals surface area contributed by atoms with E-state index in [2.05, 4.69) is 29.1 Å². The summed E-state index contributed by atoms with van der Waals surface area (Å²) in [4.78, 5) is 21.4. The van der Waals surface area contributed by atoms with Crippen LogP contribution in [0.2, 0.25) is 0 Å². The molecule has 1 amide bonds. The molecular weight excluding hydrogens is 332 g/mol. The Morgan fingerprint density at radius 3 is 2.72 bits per heavy atom. The molecule has 0 bridgehead atoms. The number of nitrogens with zero attached hydrogens (tertiary/aromatic N) is 3. The van der Waals surface area contributed by atoms with Crippen molar-refractivity contribution >= 4 is 17.2 Å². The van der Waals surface area contributed by atoms with Gasteiger partial charge in [-0.3, -0.25) is 4.79 Å². The van der Waals surface area contributed by atoms with Crippen LogP contribution in [0.15, 0.2) is 35.7 Å². The molecule has 1 aromatic carbocycles. The Labute approximate surface area is 153 Å². The summed E-state index contributed by atoms with van der Waals surface area (Å²) in [5.74, 6) is 0.00367. The molecule has 134 valence electrons. The lowest BCUT2D eigenvalue weighted by molar-refractivity contribution is 0.0654. The molecule has 2 heterocycles. The number of carbonyl (C=O) groups is 1. The quantitative estimate of drug-likeness (QED) is 0.892. The molecular formula is C19H26N4OS. The van der Waals surface area contributed by atoms with E-state index in [0.29, 0.717) is 11.7 Å². The highest BCUT2D eigenvalue weighted by Crippen LogP contribution is 2.22. The summed E-state index contributed by atoms with van der Waals surface area (Å²) in [6.45, 7) is 2.07. The fourth-order valence-electron chi connectivity index (χ4n) is 3.24. The zero-order chi connectivity index (χ0) is 17.8. The van der Waals surface area contributed by atoms with Crippen molar-refractivity contribution < 1.29 is 4.79 Å². The number of carbonyl (C=O) groups excluding carboxylic acids is 1. The minimum absolute atomic E-state index is 0.00367. The van der Waals surface area contributed by atoms with E-state index in [0.717, 1.165) is 37.4 Å².